The second-order valence-corrected chi connectivity index (χ2v) is 6.14. The fraction of sp³-hybridized carbons (Fsp3) is 0.500. The zero-order valence-electron chi connectivity index (χ0n) is 11.0. The Morgan fingerprint density at radius 2 is 2.05 bits per heavy atom. The molecule has 1 aromatic rings. The molecule has 2 saturated heterocycles. The first kappa shape index (κ1) is 15.6. The number of hydrogen-bond acceptors (Lipinski definition) is 3. The van der Waals surface area contributed by atoms with Gasteiger partial charge in [-0.1, -0.05) is 22.0 Å². The van der Waals surface area contributed by atoms with Crippen LogP contribution in [0.5, 0.6) is 5.75 Å². The molecule has 0 saturated carbocycles. The van der Waals surface area contributed by atoms with E-state index in [2.05, 4.69) is 21.2 Å². The number of ether oxygens (including phenoxy) is 1. The second kappa shape index (κ2) is 6.78. The SMILES string of the molecule is Cl.O=C(COc1cccc(Br)c1)N1C[C@H]2CNC[C@H]2C1. The lowest BCUT2D eigenvalue weighted by Crippen LogP contribution is -2.35. The molecule has 2 aliphatic rings. The Hall–Kier alpha value is -0.780. The molecule has 0 bridgehead atoms. The van der Waals surface area contributed by atoms with Crippen LogP contribution in [0.15, 0.2) is 28.7 Å². The largest absolute Gasteiger partial charge is 0.484 e. The van der Waals surface area contributed by atoms with Crippen molar-refractivity contribution in [2.75, 3.05) is 32.8 Å². The predicted octanol–water partition coefficient (Wildman–Crippen LogP) is 1.93. The molecule has 20 heavy (non-hydrogen) atoms. The van der Waals surface area contributed by atoms with Gasteiger partial charge in [-0.15, -0.1) is 12.4 Å². The van der Waals surface area contributed by atoms with Crippen molar-refractivity contribution in [3.63, 3.8) is 0 Å². The topological polar surface area (TPSA) is 41.6 Å². The summed E-state index contributed by atoms with van der Waals surface area (Å²) in [7, 11) is 0. The minimum Gasteiger partial charge on any atom is -0.484 e. The number of benzene rings is 1. The maximum Gasteiger partial charge on any atom is 0.260 e. The Kier molecular flexibility index (Phi) is 5.29. The molecule has 0 radical (unpaired) electrons. The number of fused-ring (bicyclic) bond motifs is 1. The molecule has 4 nitrogen and oxygen atoms in total. The van der Waals surface area contributed by atoms with E-state index in [0.29, 0.717) is 11.8 Å². The number of hydrogen-bond donors (Lipinski definition) is 1. The molecule has 2 heterocycles. The highest BCUT2D eigenvalue weighted by molar-refractivity contribution is 9.10. The average Bonchev–Trinajstić information content (AvgIpc) is 2.96. The summed E-state index contributed by atoms with van der Waals surface area (Å²) in [6.07, 6.45) is 0. The first-order valence-electron chi connectivity index (χ1n) is 6.59. The molecule has 1 aromatic carbocycles. The van der Waals surface area contributed by atoms with E-state index in [1.807, 2.05) is 29.2 Å². The van der Waals surface area contributed by atoms with Crippen molar-refractivity contribution < 1.29 is 9.53 Å². The van der Waals surface area contributed by atoms with E-state index in [-0.39, 0.29) is 24.9 Å². The van der Waals surface area contributed by atoms with Gasteiger partial charge in [-0.2, -0.15) is 0 Å². The van der Waals surface area contributed by atoms with Crippen molar-refractivity contribution in [1.82, 2.24) is 10.2 Å². The van der Waals surface area contributed by atoms with Crippen LogP contribution in [0.25, 0.3) is 0 Å². The van der Waals surface area contributed by atoms with E-state index in [4.69, 9.17) is 4.74 Å². The fourth-order valence-electron chi connectivity index (χ4n) is 2.85. The Balaban J connectivity index is 0.00000147. The van der Waals surface area contributed by atoms with Crippen LogP contribution in [-0.2, 0) is 4.79 Å². The van der Waals surface area contributed by atoms with Crippen LogP contribution in [0.3, 0.4) is 0 Å². The van der Waals surface area contributed by atoms with Gasteiger partial charge in [0.15, 0.2) is 6.61 Å². The van der Waals surface area contributed by atoms with Crippen molar-refractivity contribution in [2.45, 2.75) is 0 Å². The van der Waals surface area contributed by atoms with Gasteiger partial charge < -0.3 is 15.0 Å². The molecule has 2 aliphatic heterocycles. The van der Waals surface area contributed by atoms with Crippen molar-refractivity contribution in [1.29, 1.82) is 0 Å². The number of nitrogens with one attached hydrogen (secondary N) is 1. The van der Waals surface area contributed by atoms with Gasteiger partial charge in [0, 0.05) is 30.7 Å². The van der Waals surface area contributed by atoms with Crippen LogP contribution in [0.4, 0.5) is 0 Å². The van der Waals surface area contributed by atoms with Crippen molar-refractivity contribution >= 4 is 34.2 Å². The average molecular weight is 362 g/mol. The lowest BCUT2D eigenvalue weighted by Gasteiger charge is -2.17. The van der Waals surface area contributed by atoms with E-state index in [9.17, 15) is 4.79 Å². The summed E-state index contributed by atoms with van der Waals surface area (Å²) in [6.45, 7) is 3.96. The summed E-state index contributed by atoms with van der Waals surface area (Å²) in [4.78, 5) is 14.0. The normalized spacial score (nSPS) is 24.1. The highest BCUT2D eigenvalue weighted by Gasteiger charge is 2.37. The summed E-state index contributed by atoms with van der Waals surface area (Å²) in [5, 5.41) is 3.37. The smallest absolute Gasteiger partial charge is 0.260 e. The fourth-order valence-corrected chi connectivity index (χ4v) is 3.23. The lowest BCUT2D eigenvalue weighted by molar-refractivity contribution is -0.132. The van der Waals surface area contributed by atoms with E-state index in [1.54, 1.807) is 0 Å². The van der Waals surface area contributed by atoms with Crippen molar-refractivity contribution in [2.24, 2.45) is 11.8 Å². The van der Waals surface area contributed by atoms with E-state index in [1.165, 1.54) is 0 Å². The molecule has 0 aromatic heterocycles. The third-order valence-corrected chi connectivity index (χ3v) is 4.39. The van der Waals surface area contributed by atoms with Crippen LogP contribution in [0, 0.1) is 11.8 Å². The predicted molar refractivity (Wildman–Crippen MR) is 83.3 cm³/mol. The highest BCUT2D eigenvalue weighted by Crippen LogP contribution is 2.26. The molecule has 2 atom stereocenters. The third kappa shape index (κ3) is 3.45. The maximum atomic E-state index is 12.1. The number of carbonyl (C=O) groups is 1. The van der Waals surface area contributed by atoms with Crippen LogP contribution in [0.2, 0.25) is 0 Å². The molecule has 2 fully saturated rings. The van der Waals surface area contributed by atoms with E-state index < -0.39 is 0 Å². The Bertz CT molecular complexity index is 474. The molecular formula is C14H18BrClN2O2. The molecule has 6 heteroatoms. The van der Waals surface area contributed by atoms with Gasteiger partial charge in [0.2, 0.25) is 0 Å². The first-order valence-corrected chi connectivity index (χ1v) is 7.38. The zero-order valence-corrected chi connectivity index (χ0v) is 13.5. The third-order valence-electron chi connectivity index (χ3n) is 3.90. The molecule has 3 rings (SSSR count). The summed E-state index contributed by atoms with van der Waals surface area (Å²) in [6, 6.07) is 7.57. The molecule has 0 aliphatic carbocycles. The van der Waals surface area contributed by atoms with Gasteiger partial charge in [-0.3, -0.25) is 4.79 Å². The van der Waals surface area contributed by atoms with Crippen molar-refractivity contribution in [3.05, 3.63) is 28.7 Å². The number of carbonyl (C=O) groups excluding carboxylic acids is 1. The number of likely N-dealkylation sites (tertiary alicyclic amines) is 1. The van der Waals surface area contributed by atoms with Crippen LogP contribution in [0.1, 0.15) is 0 Å². The number of halogens is 2. The Morgan fingerprint density at radius 1 is 1.35 bits per heavy atom. The van der Waals surface area contributed by atoms with Gasteiger partial charge in [-0.25, -0.2) is 0 Å². The Morgan fingerprint density at radius 3 is 2.70 bits per heavy atom. The summed E-state index contributed by atoms with van der Waals surface area (Å²) < 4.78 is 6.50. The summed E-state index contributed by atoms with van der Waals surface area (Å²) in [5.41, 5.74) is 0. The van der Waals surface area contributed by atoms with Gasteiger partial charge in [0.1, 0.15) is 5.75 Å². The van der Waals surface area contributed by atoms with Crippen LogP contribution in [-0.4, -0.2) is 43.6 Å². The second-order valence-electron chi connectivity index (χ2n) is 5.22. The van der Waals surface area contributed by atoms with E-state index in [0.717, 1.165) is 36.4 Å². The molecule has 0 spiro atoms. The first-order chi connectivity index (χ1) is 9.22. The zero-order chi connectivity index (χ0) is 13.2. The monoisotopic (exact) mass is 360 g/mol. The Labute approximate surface area is 133 Å². The van der Waals surface area contributed by atoms with Gasteiger partial charge >= 0.3 is 0 Å². The number of rotatable bonds is 3. The van der Waals surface area contributed by atoms with E-state index >= 15 is 0 Å². The van der Waals surface area contributed by atoms with Crippen molar-refractivity contribution in [3.8, 4) is 5.75 Å². The minimum absolute atomic E-state index is 0. The molecule has 110 valence electrons. The number of nitrogens with zero attached hydrogens (tertiary/aromatic N) is 1. The minimum atomic E-state index is 0. The number of amides is 1. The molecular weight excluding hydrogens is 344 g/mol. The van der Waals surface area contributed by atoms with Gasteiger partial charge in [-0.05, 0) is 30.0 Å². The van der Waals surface area contributed by atoms with Gasteiger partial charge in [0.05, 0.1) is 0 Å². The van der Waals surface area contributed by atoms with Crippen LogP contribution < -0.4 is 10.1 Å². The quantitative estimate of drug-likeness (QED) is 0.894. The lowest BCUT2D eigenvalue weighted by atomic mass is 10.0. The van der Waals surface area contributed by atoms with Crippen LogP contribution >= 0.6 is 28.3 Å². The molecule has 1 amide bonds. The standard InChI is InChI=1S/C14H17BrN2O2.ClH/c15-12-2-1-3-13(4-12)19-9-14(18)17-7-10-5-16-6-11(10)8-17;/h1-4,10-11,16H,5-9H2;1H/t10-,11+;. The maximum absolute atomic E-state index is 12.1. The van der Waals surface area contributed by atoms with Gasteiger partial charge in [0.25, 0.3) is 5.91 Å². The molecule has 1 N–H and O–H groups in total. The highest BCUT2D eigenvalue weighted by atomic mass is 79.9. The summed E-state index contributed by atoms with van der Waals surface area (Å²) >= 11 is 3.39. The summed E-state index contributed by atoms with van der Waals surface area (Å²) in [5.74, 6) is 2.09. The molecule has 0 unspecified atom stereocenters.